The molecule has 0 N–H and O–H groups in total. The Labute approximate surface area is 141 Å². The van der Waals surface area contributed by atoms with Gasteiger partial charge in [-0.3, -0.25) is 4.79 Å². The zero-order valence-electron chi connectivity index (χ0n) is 13.7. The molecule has 2 aromatic rings. The van der Waals surface area contributed by atoms with Crippen molar-refractivity contribution in [2.24, 2.45) is 11.8 Å². The molecule has 2 saturated heterocycles. The molecular formula is C18H22N4O2. The zero-order valence-corrected chi connectivity index (χ0v) is 13.7. The molecule has 2 aliphatic heterocycles. The van der Waals surface area contributed by atoms with Crippen LogP contribution in [0.1, 0.15) is 29.8 Å². The van der Waals surface area contributed by atoms with E-state index in [4.69, 9.17) is 4.42 Å². The first-order chi connectivity index (χ1) is 11.8. The first kappa shape index (κ1) is 15.2. The highest BCUT2D eigenvalue weighted by Crippen LogP contribution is 2.33. The summed E-state index contributed by atoms with van der Waals surface area (Å²) in [4.78, 5) is 25.3. The third-order valence-electron chi connectivity index (χ3n) is 5.29. The van der Waals surface area contributed by atoms with Crippen molar-refractivity contribution in [3.05, 3.63) is 42.6 Å². The Kier molecular flexibility index (Phi) is 4.19. The predicted molar refractivity (Wildman–Crippen MR) is 89.7 cm³/mol. The van der Waals surface area contributed by atoms with Gasteiger partial charge in [0.05, 0.1) is 6.26 Å². The van der Waals surface area contributed by atoms with Crippen molar-refractivity contribution in [2.75, 3.05) is 31.1 Å². The molecule has 2 aromatic heterocycles. The largest absolute Gasteiger partial charge is 0.459 e. The Morgan fingerprint density at radius 2 is 1.79 bits per heavy atom. The van der Waals surface area contributed by atoms with Crippen LogP contribution in [0.4, 0.5) is 5.95 Å². The van der Waals surface area contributed by atoms with Gasteiger partial charge in [0.2, 0.25) is 5.95 Å². The van der Waals surface area contributed by atoms with Crippen LogP contribution in [0.2, 0.25) is 0 Å². The number of hydrogen-bond donors (Lipinski definition) is 0. The number of nitrogens with zero attached hydrogens (tertiary/aromatic N) is 4. The monoisotopic (exact) mass is 326 g/mol. The quantitative estimate of drug-likeness (QED) is 0.867. The number of rotatable bonds is 3. The predicted octanol–water partition coefficient (Wildman–Crippen LogP) is 2.45. The molecule has 4 heterocycles. The van der Waals surface area contributed by atoms with Crippen molar-refractivity contribution in [1.29, 1.82) is 0 Å². The number of carbonyl (C=O) groups excluding carboxylic acids is 1. The van der Waals surface area contributed by atoms with Crippen LogP contribution < -0.4 is 4.90 Å². The van der Waals surface area contributed by atoms with Gasteiger partial charge in [-0.15, -0.1) is 0 Å². The van der Waals surface area contributed by atoms with E-state index in [2.05, 4.69) is 14.9 Å². The van der Waals surface area contributed by atoms with E-state index in [-0.39, 0.29) is 5.91 Å². The molecule has 1 atom stereocenters. The Balaban J connectivity index is 1.31. The van der Waals surface area contributed by atoms with Crippen molar-refractivity contribution in [3.63, 3.8) is 0 Å². The van der Waals surface area contributed by atoms with Crippen LogP contribution in [0, 0.1) is 11.8 Å². The fourth-order valence-corrected chi connectivity index (χ4v) is 3.94. The molecule has 0 unspecified atom stereocenters. The number of amides is 1. The number of anilines is 1. The SMILES string of the molecule is O=C(c1ccco1)N1CC[C@H](C2CCN(c3ncccn3)CC2)C1. The molecule has 2 aliphatic rings. The smallest absolute Gasteiger partial charge is 0.289 e. The van der Waals surface area contributed by atoms with Crippen molar-refractivity contribution < 1.29 is 9.21 Å². The summed E-state index contributed by atoms with van der Waals surface area (Å²) >= 11 is 0. The maximum absolute atomic E-state index is 12.4. The summed E-state index contributed by atoms with van der Waals surface area (Å²) in [5.74, 6) is 2.59. The molecule has 2 fully saturated rings. The molecule has 126 valence electrons. The van der Waals surface area contributed by atoms with Crippen LogP contribution >= 0.6 is 0 Å². The average molecular weight is 326 g/mol. The molecule has 0 aromatic carbocycles. The molecule has 24 heavy (non-hydrogen) atoms. The van der Waals surface area contributed by atoms with Crippen molar-refractivity contribution in [1.82, 2.24) is 14.9 Å². The van der Waals surface area contributed by atoms with E-state index in [0.29, 0.717) is 17.6 Å². The summed E-state index contributed by atoms with van der Waals surface area (Å²) in [7, 11) is 0. The van der Waals surface area contributed by atoms with Gasteiger partial charge in [-0.25, -0.2) is 9.97 Å². The van der Waals surface area contributed by atoms with E-state index in [1.54, 1.807) is 30.8 Å². The summed E-state index contributed by atoms with van der Waals surface area (Å²) < 4.78 is 5.24. The van der Waals surface area contributed by atoms with Gasteiger partial charge >= 0.3 is 0 Å². The Hall–Kier alpha value is -2.37. The fourth-order valence-electron chi connectivity index (χ4n) is 3.94. The molecule has 6 nitrogen and oxygen atoms in total. The van der Waals surface area contributed by atoms with Gasteiger partial charge in [0.15, 0.2) is 5.76 Å². The molecule has 0 aliphatic carbocycles. The van der Waals surface area contributed by atoms with E-state index < -0.39 is 0 Å². The highest BCUT2D eigenvalue weighted by atomic mass is 16.3. The highest BCUT2D eigenvalue weighted by Gasteiger charge is 2.34. The maximum Gasteiger partial charge on any atom is 0.289 e. The third-order valence-corrected chi connectivity index (χ3v) is 5.29. The van der Waals surface area contributed by atoms with Crippen LogP contribution in [0.15, 0.2) is 41.3 Å². The van der Waals surface area contributed by atoms with Crippen LogP contribution in [-0.4, -0.2) is 47.0 Å². The van der Waals surface area contributed by atoms with E-state index in [0.717, 1.165) is 51.4 Å². The molecule has 0 radical (unpaired) electrons. The van der Waals surface area contributed by atoms with E-state index in [1.807, 2.05) is 11.0 Å². The Morgan fingerprint density at radius 3 is 2.50 bits per heavy atom. The molecule has 4 rings (SSSR count). The lowest BCUT2D eigenvalue weighted by Crippen LogP contribution is -2.38. The number of piperidine rings is 1. The summed E-state index contributed by atoms with van der Waals surface area (Å²) in [5.41, 5.74) is 0. The fraction of sp³-hybridized carbons (Fsp3) is 0.500. The number of furan rings is 1. The molecule has 6 heteroatoms. The molecule has 1 amide bonds. The number of aromatic nitrogens is 2. The highest BCUT2D eigenvalue weighted by molar-refractivity contribution is 5.91. The van der Waals surface area contributed by atoms with Gasteiger partial charge < -0.3 is 14.2 Å². The first-order valence-electron chi connectivity index (χ1n) is 8.66. The molecule has 0 spiro atoms. The zero-order chi connectivity index (χ0) is 16.4. The van der Waals surface area contributed by atoms with E-state index in [9.17, 15) is 4.79 Å². The molecule has 0 bridgehead atoms. The van der Waals surface area contributed by atoms with Gasteiger partial charge in [-0.05, 0) is 49.3 Å². The third kappa shape index (κ3) is 3.00. The van der Waals surface area contributed by atoms with E-state index >= 15 is 0 Å². The van der Waals surface area contributed by atoms with Gasteiger partial charge in [-0.1, -0.05) is 0 Å². The summed E-state index contributed by atoms with van der Waals surface area (Å²) in [6, 6.07) is 5.36. The minimum Gasteiger partial charge on any atom is -0.459 e. The lowest BCUT2D eigenvalue weighted by Gasteiger charge is -2.34. The molecule has 0 saturated carbocycles. The lowest BCUT2D eigenvalue weighted by atomic mass is 9.84. The van der Waals surface area contributed by atoms with Crippen LogP contribution in [0.5, 0.6) is 0 Å². The number of carbonyl (C=O) groups is 1. The van der Waals surface area contributed by atoms with Crippen molar-refractivity contribution in [3.8, 4) is 0 Å². The number of likely N-dealkylation sites (tertiary alicyclic amines) is 1. The van der Waals surface area contributed by atoms with E-state index in [1.165, 1.54) is 0 Å². The Bertz CT molecular complexity index is 666. The summed E-state index contributed by atoms with van der Waals surface area (Å²) in [5, 5.41) is 0. The topological polar surface area (TPSA) is 62.5 Å². The van der Waals surface area contributed by atoms with Gasteiger partial charge in [-0.2, -0.15) is 0 Å². The second kappa shape index (κ2) is 6.63. The normalized spacial score (nSPS) is 22.1. The van der Waals surface area contributed by atoms with Crippen molar-refractivity contribution >= 4 is 11.9 Å². The molecular weight excluding hydrogens is 304 g/mol. The van der Waals surface area contributed by atoms with Crippen LogP contribution in [0.25, 0.3) is 0 Å². The first-order valence-corrected chi connectivity index (χ1v) is 8.66. The summed E-state index contributed by atoms with van der Waals surface area (Å²) in [6.07, 6.45) is 8.53. The Morgan fingerprint density at radius 1 is 1.04 bits per heavy atom. The minimum absolute atomic E-state index is 0.0256. The maximum atomic E-state index is 12.4. The second-order valence-electron chi connectivity index (χ2n) is 6.65. The second-order valence-corrected chi connectivity index (χ2v) is 6.65. The standard InChI is InChI=1S/C18H22N4O2/c23-17(16-3-1-12-24-16)22-11-6-15(13-22)14-4-9-21(10-5-14)18-19-7-2-8-20-18/h1-3,7-8,12,14-15H,4-6,9-11,13H2/t15-/m0/s1. The van der Waals surface area contributed by atoms with Crippen molar-refractivity contribution in [2.45, 2.75) is 19.3 Å². The minimum atomic E-state index is 0.0256. The van der Waals surface area contributed by atoms with Crippen LogP contribution in [-0.2, 0) is 0 Å². The van der Waals surface area contributed by atoms with Crippen LogP contribution in [0.3, 0.4) is 0 Å². The average Bonchev–Trinajstić information content (AvgIpc) is 3.34. The summed E-state index contributed by atoms with van der Waals surface area (Å²) in [6.45, 7) is 3.69. The van der Waals surface area contributed by atoms with Gasteiger partial charge in [0, 0.05) is 38.6 Å². The lowest BCUT2D eigenvalue weighted by molar-refractivity contribution is 0.0749. The van der Waals surface area contributed by atoms with Gasteiger partial charge in [0.1, 0.15) is 0 Å². The van der Waals surface area contributed by atoms with Gasteiger partial charge in [0.25, 0.3) is 5.91 Å². The number of hydrogen-bond acceptors (Lipinski definition) is 5.